The fourth-order valence-electron chi connectivity index (χ4n) is 3.78. The fraction of sp³-hybridized carbons (Fsp3) is 0.368. The minimum atomic E-state index is 0.338. The van der Waals surface area contributed by atoms with Gasteiger partial charge in [0.1, 0.15) is 17.5 Å². The lowest BCUT2D eigenvalue weighted by molar-refractivity contribution is -0.941. The third-order valence-electron chi connectivity index (χ3n) is 5.09. The molecule has 1 aliphatic rings. The molecule has 2 aromatic heterocycles. The first-order valence-electron chi connectivity index (χ1n) is 8.97. The van der Waals surface area contributed by atoms with Crippen molar-refractivity contribution in [3.05, 3.63) is 46.0 Å². The van der Waals surface area contributed by atoms with Crippen molar-refractivity contribution in [2.24, 2.45) is 0 Å². The number of thiophene rings is 1. The maximum absolute atomic E-state index is 5.62. The molecule has 0 bridgehead atoms. The summed E-state index contributed by atoms with van der Waals surface area (Å²) < 4.78 is 13.6. The van der Waals surface area contributed by atoms with Gasteiger partial charge in [-0.3, -0.25) is 5.10 Å². The maximum Gasteiger partial charge on any atom is 0.221 e. The highest BCUT2D eigenvalue weighted by Crippen LogP contribution is 2.31. The number of H-pyrrole nitrogens is 1. The number of rotatable bonds is 6. The molecular formula is C19H23N4O2S2+. The van der Waals surface area contributed by atoms with Crippen molar-refractivity contribution in [2.75, 3.05) is 20.8 Å². The summed E-state index contributed by atoms with van der Waals surface area (Å²) >= 11 is 7.15. The predicted octanol–water partition coefficient (Wildman–Crippen LogP) is 3.06. The van der Waals surface area contributed by atoms with Crippen LogP contribution in [-0.2, 0) is 6.67 Å². The highest BCUT2D eigenvalue weighted by Gasteiger charge is 2.33. The smallest absolute Gasteiger partial charge is 0.221 e. The molecule has 8 heteroatoms. The zero-order valence-corrected chi connectivity index (χ0v) is 17.0. The number of hydrogen-bond acceptors (Lipinski definition) is 5. The number of hydrogen-bond donors (Lipinski definition) is 2. The Morgan fingerprint density at radius 3 is 2.96 bits per heavy atom. The van der Waals surface area contributed by atoms with Crippen LogP contribution in [0.3, 0.4) is 0 Å². The predicted molar refractivity (Wildman–Crippen MR) is 108 cm³/mol. The van der Waals surface area contributed by atoms with E-state index in [0.717, 1.165) is 41.8 Å². The van der Waals surface area contributed by atoms with Gasteiger partial charge in [-0.25, -0.2) is 4.68 Å². The maximum atomic E-state index is 5.62. The molecule has 0 amide bonds. The van der Waals surface area contributed by atoms with Crippen molar-refractivity contribution < 1.29 is 14.4 Å². The summed E-state index contributed by atoms with van der Waals surface area (Å²) in [5.41, 5.74) is 1.19. The van der Waals surface area contributed by atoms with Gasteiger partial charge in [-0.15, -0.1) is 11.3 Å². The molecule has 1 unspecified atom stereocenters. The lowest BCUT2D eigenvalue weighted by Crippen LogP contribution is -3.09. The molecule has 4 rings (SSSR count). The molecule has 27 heavy (non-hydrogen) atoms. The van der Waals surface area contributed by atoms with Gasteiger partial charge >= 0.3 is 0 Å². The standard InChI is InChI=1S/C19H22N4O2S2/c1-24-13-7-8-16(25-2)14(11-13)15-5-3-9-22(15)12-23-19(26)20-18(21-23)17-6-4-10-27-17/h4,6-8,10-11,15H,3,5,9,12H2,1-2H3,(H,20,21,26)/p+1/t15-/m0/s1. The summed E-state index contributed by atoms with van der Waals surface area (Å²) in [6, 6.07) is 10.4. The molecular weight excluding hydrogens is 380 g/mol. The molecule has 2 atom stereocenters. The first kappa shape index (κ1) is 18.2. The van der Waals surface area contributed by atoms with Crippen molar-refractivity contribution in [3.63, 3.8) is 0 Å². The highest BCUT2D eigenvalue weighted by atomic mass is 32.1. The largest absolute Gasteiger partial charge is 0.497 e. The van der Waals surface area contributed by atoms with Crippen LogP contribution >= 0.6 is 23.6 Å². The first-order valence-corrected chi connectivity index (χ1v) is 10.3. The van der Waals surface area contributed by atoms with E-state index in [4.69, 9.17) is 21.7 Å². The van der Waals surface area contributed by atoms with E-state index in [9.17, 15) is 0 Å². The van der Waals surface area contributed by atoms with E-state index in [1.165, 1.54) is 16.9 Å². The second-order valence-electron chi connectivity index (χ2n) is 6.63. The van der Waals surface area contributed by atoms with E-state index < -0.39 is 0 Å². The monoisotopic (exact) mass is 403 g/mol. The summed E-state index contributed by atoms with van der Waals surface area (Å²) in [6.07, 6.45) is 2.28. The van der Waals surface area contributed by atoms with Crippen LogP contribution in [0.15, 0.2) is 35.7 Å². The van der Waals surface area contributed by atoms with Gasteiger partial charge in [-0.2, -0.15) is 4.98 Å². The Bertz CT molecular complexity index is 965. The summed E-state index contributed by atoms with van der Waals surface area (Å²) in [7, 11) is 3.42. The topological polar surface area (TPSA) is 56.5 Å². The summed E-state index contributed by atoms with van der Waals surface area (Å²) in [5, 5.41) is 5.41. The molecule has 0 spiro atoms. The van der Waals surface area contributed by atoms with E-state index in [1.54, 1.807) is 25.6 Å². The molecule has 1 saturated heterocycles. The van der Waals surface area contributed by atoms with Crippen LogP contribution < -0.4 is 14.4 Å². The zero-order valence-electron chi connectivity index (χ0n) is 15.4. The Hall–Kier alpha value is -2.16. The molecule has 6 nitrogen and oxygen atoms in total. The number of nitrogens with zero attached hydrogens (tertiary/aromatic N) is 2. The molecule has 3 aromatic rings. The molecule has 0 saturated carbocycles. The number of methoxy groups -OCH3 is 2. The average Bonchev–Trinajstić information content (AvgIpc) is 3.43. The van der Waals surface area contributed by atoms with Gasteiger partial charge in [0, 0.05) is 12.8 Å². The third-order valence-corrected chi connectivity index (χ3v) is 6.28. The second-order valence-corrected chi connectivity index (χ2v) is 7.94. The molecule has 0 radical (unpaired) electrons. The van der Waals surface area contributed by atoms with Crippen LogP contribution in [0.1, 0.15) is 24.4 Å². The molecule has 142 valence electrons. The van der Waals surface area contributed by atoms with Crippen molar-refractivity contribution in [1.82, 2.24) is 14.8 Å². The van der Waals surface area contributed by atoms with Crippen molar-refractivity contribution in [3.8, 4) is 22.2 Å². The number of likely N-dealkylation sites (tertiary alicyclic amines) is 1. The van der Waals surface area contributed by atoms with E-state index in [-0.39, 0.29) is 0 Å². The average molecular weight is 404 g/mol. The minimum Gasteiger partial charge on any atom is -0.497 e. The van der Waals surface area contributed by atoms with Crippen LogP contribution in [0.2, 0.25) is 0 Å². The number of quaternary nitrogens is 1. The second kappa shape index (κ2) is 7.84. The molecule has 3 heterocycles. The van der Waals surface area contributed by atoms with Crippen molar-refractivity contribution in [2.45, 2.75) is 25.6 Å². The molecule has 1 fully saturated rings. The number of benzene rings is 1. The van der Waals surface area contributed by atoms with Gasteiger partial charge in [0.15, 0.2) is 12.5 Å². The normalized spacial score (nSPS) is 19.3. The van der Waals surface area contributed by atoms with Crippen LogP contribution in [0.25, 0.3) is 10.7 Å². The Balaban J connectivity index is 1.61. The van der Waals surface area contributed by atoms with E-state index in [2.05, 4.69) is 22.2 Å². The highest BCUT2D eigenvalue weighted by molar-refractivity contribution is 7.71. The van der Waals surface area contributed by atoms with Crippen LogP contribution in [0, 0.1) is 4.77 Å². The van der Waals surface area contributed by atoms with Crippen LogP contribution in [0.4, 0.5) is 0 Å². The Morgan fingerprint density at radius 2 is 2.22 bits per heavy atom. The van der Waals surface area contributed by atoms with E-state index in [1.807, 2.05) is 28.3 Å². The van der Waals surface area contributed by atoms with Gasteiger partial charge in [-0.05, 0) is 41.9 Å². The van der Waals surface area contributed by atoms with Gasteiger partial charge in [0.05, 0.1) is 31.2 Å². The Kier molecular flexibility index (Phi) is 5.29. The van der Waals surface area contributed by atoms with Gasteiger partial charge < -0.3 is 14.4 Å². The Labute approximate surface area is 167 Å². The van der Waals surface area contributed by atoms with Crippen LogP contribution in [0.5, 0.6) is 11.5 Å². The van der Waals surface area contributed by atoms with Gasteiger partial charge in [-0.1, -0.05) is 6.07 Å². The fourth-order valence-corrected chi connectivity index (χ4v) is 4.64. The number of ether oxygens (including phenoxy) is 2. The van der Waals surface area contributed by atoms with Crippen LogP contribution in [-0.4, -0.2) is 35.5 Å². The first-order chi connectivity index (χ1) is 13.2. The zero-order chi connectivity index (χ0) is 18.8. The van der Waals surface area contributed by atoms with Gasteiger partial charge in [0.25, 0.3) is 0 Å². The summed E-state index contributed by atoms with van der Waals surface area (Å²) in [5.74, 6) is 2.60. The molecule has 1 aromatic carbocycles. The minimum absolute atomic E-state index is 0.338. The number of nitrogens with one attached hydrogen (secondary N) is 2. The van der Waals surface area contributed by atoms with E-state index >= 15 is 0 Å². The number of aromatic nitrogens is 3. The SMILES string of the molecule is COc1ccc(OC)c([C@@H]2CCC[NH+]2Cn2[nH]c(-c3cccs3)nc2=S)c1. The lowest BCUT2D eigenvalue weighted by Gasteiger charge is -2.23. The molecule has 2 N–H and O–H groups in total. The Morgan fingerprint density at radius 1 is 1.33 bits per heavy atom. The van der Waals surface area contributed by atoms with Crippen molar-refractivity contribution in [1.29, 1.82) is 0 Å². The lowest BCUT2D eigenvalue weighted by atomic mass is 10.0. The summed E-state index contributed by atoms with van der Waals surface area (Å²) in [6.45, 7) is 1.84. The van der Waals surface area contributed by atoms with Crippen molar-refractivity contribution >= 4 is 23.6 Å². The number of aromatic amines is 1. The molecule has 0 aliphatic carbocycles. The third kappa shape index (κ3) is 3.65. The molecule has 1 aliphatic heterocycles. The quantitative estimate of drug-likeness (QED) is 0.621. The van der Waals surface area contributed by atoms with E-state index in [0.29, 0.717) is 10.8 Å². The van der Waals surface area contributed by atoms with Gasteiger partial charge in [0.2, 0.25) is 4.77 Å². The summed E-state index contributed by atoms with van der Waals surface area (Å²) in [4.78, 5) is 7.07.